The first kappa shape index (κ1) is 17.5. The van der Waals surface area contributed by atoms with Crippen LogP contribution in [0.2, 0.25) is 0 Å². The number of hydrogen-bond acceptors (Lipinski definition) is 3. The van der Waals surface area contributed by atoms with E-state index in [1.165, 1.54) is 0 Å². The average molecular weight is 403 g/mol. The molecule has 0 aromatic heterocycles. The van der Waals surface area contributed by atoms with Gasteiger partial charge in [-0.15, -0.1) is 0 Å². The van der Waals surface area contributed by atoms with Crippen LogP contribution in [0.15, 0.2) is 53.0 Å². The highest BCUT2D eigenvalue weighted by Gasteiger charge is 2.25. The number of anilines is 1. The van der Waals surface area contributed by atoms with Crippen LogP contribution in [-0.2, 0) is 9.59 Å². The van der Waals surface area contributed by atoms with E-state index >= 15 is 0 Å². The average Bonchev–Trinajstić information content (AvgIpc) is 2.61. The molecule has 0 saturated carbocycles. The van der Waals surface area contributed by atoms with Crippen molar-refractivity contribution in [3.8, 4) is 5.75 Å². The van der Waals surface area contributed by atoms with Gasteiger partial charge in [0.05, 0.1) is 11.7 Å². The quantitative estimate of drug-likeness (QED) is 0.832. The van der Waals surface area contributed by atoms with Crippen molar-refractivity contribution in [2.75, 3.05) is 18.1 Å². The molecule has 1 N–H and O–H groups in total. The summed E-state index contributed by atoms with van der Waals surface area (Å²) in [4.78, 5) is 26.0. The lowest BCUT2D eigenvalue weighted by Gasteiger charge is -2.29. The third kappa shape index (κ3) is 4.20. The molecule has 1 atom stereocenters. The van der Waals surface area contributed by atoms with Gasteiger partial charge >= 0.3 is 0 Å². The van der Waals surface area contributed by atoms with Crippen molar-refractivity contribution < 1.29 is 14.3 Å². The summed E-state index contributed by atoms with van der Waals surface area (Å²) < 4.78 is 6.38. The van der Waals surface area contributed by atoms with Crippen molar-refractivity contribution in [3.05, 3.63) is 58.6 Å². The zero-order valence-corrected chi connectivity index (χ0v) is 15.5. The molecule has 2 aromatic rings. The maximum absolute atomic E-state index is 12.3. The summed E-state index contributed by atoms with van der Waals surface area (Å²) >= 11 is 3.43. The monoisotopic (exact) mass is 402 g/mol. The molecule has 130 valence electrons. The summed E-state index contributed by atoms with van der Waals surface area (Å²) in [6.45, 7) is 2.28. The molecule has 0 radical (unpaired) electrons. The van der Waals surface area contributed by atoms with E-state index in [1.807, 2.05) is 55.5 Å². The number of carbonyl (C=O) groups excluding carboxylic acids is 2. The van der Waals surface area contributed by atoms with Gasteiger partial charge in [0, 0.05) is 17.4 Å². The maximum Gasteiger partial charge on any atom is 0.265 e. The summed E-state index contributed by atoms with van der Waals surface area (Å²) in [6, 6.07) is 15.1. The summed E-state index contributed by atoms with van der Waals surface area (Å²) in [5.41, 5.74) is 1.74. The van der Waals surface area contributed by atoms with Gasteiger partial charge in [-0.2, -0.15) is 0 Å². The molecule has 2 amide bonds. The molecule has 1 heterocycles. The van der Waals surface area contributed by atoms with E-state index in [9.17, 15) is 9.59 Å². The van der Waals surface area contributed by atoms with Crippen molar-refractivity contribution in [1.29, 1.82) is 0 Å². The van der Waals surface area contributed by atoms with Crippen LogP contribution in [0.5, 0.6) is 5.75 Å². The number of nitrogens with zero attached hydrogens (tertiary/aromatic N) is 1. The number of para-hydroxylation sites is 2. The Morgan fingerprint density at radius 1 is 1.28 bits per heavy atom. The van der Waals surface area contributed by atoms with Gasteiger partial charge in [0.1, 0.15) is 5.75 Å². The zero-order chi connectivity index (χ0) is 17.8. The maximum atomic E-state index is 12.3. The number of amides is 2. The minimum atomic E-state index is -0.133. The smallest absolute Gasteiger partial charge is 0.265 e. The number of carbonyl (C=O) groups is 2. The number of fused-ring (bicyclic) bond motifs is 1. The summed E-state index contributed by atoms with van der Waals surface area (Å²) in [7, 11) is 0. The Bertz CT molecular complexity index is 794. The van der Waals surface area contributed by atoms with Crippen molar-refractivity contribution >= 4 is 33.4 Å². The van der Waals surface area contributed by atoms with Crippen LogP contribution < -0.4 is 15.0 Å². The zero-order valence-electron chi connectivity index (χ0n) is 13.9. The fourth-order valence-electron chi connectivity index (χ4n) is 2.79. The fourth-order valence-corrected chi connectivity index (χ4v) is 3.20. The highest BCUT2D eigenvalue weighted by atomic mass is 79.9. The van der Waals surface area contributed by atoms with E-state index in [0.717, 1.165) is 10.0 Å². The highest BCUT2D eigenvalue weighted by molar-refractivity contribution is 9.10. The number of nitrogens with one attached hydrogen (secondary N) is 1. The molecule has 0 bridgehead atoms. The topological polar surface area (TPSA) is 58.6 Å². The Balaban J connectivity index is 1.60. The van der Waals surface area contributed by atoms with Gasteiger partial charge in [0.25, 0.3) is 5.91 Å². The van der Waals surface area contributed by atoms with Crippen molar-refractivity contribution in [2.45, 2.75) is 19.4 Å². The molecular weight excluding hydrogens is 384 g/mol. The lowest BCUT2D eigenvalue weighted by atomic mass is 10.1. The van der Waals surface area contributed by atoms with E-state index in [-0.39, 0.29) is 30.9 Å². The Morgan fingerprint density at radius 3 is 2.88 bits per heavy atom. The number of halogens is 1. The molecule has 25 heavy (non-hydrogen) atoms. The standard InChI is InChI=1S/C19H19BrN2O3/c1-13(14-5-4-6-15(20)11-14)21-18(23)9-10-22-16-7-2-3-8-17(16)25-12-19(22)24/h2-8,11,13H,9-10,12H2,1H3,(H,21,23)/t13-/m1/s1. The number of rotatable bonds is 5. The van der Waals surface area contributed by atoms with Gasteiger partial charge in [0.15, 0.2) is 6.61 Å². The normalized spacial score (nSPS) is 14.5. The minimum absolute atomic E-state index is 0.00702. The van der Waals surface area contributed by atoms with Crippen LogP contribution in [0.4, 0.5) is 5.69 Å². The molecule has 0 saturated heterocycles. The SMILES string of the molecule is C[C@@H](NC(=O)CCN1C(=O)COc2ccccc21)c1cccc(Br)c1. The Kier molecular flexibility index (Phi) is 5.38. The molecule has 0 unspecified atom stereocenters. The number of ether oxygens (including phenoxy) is 1. The van der Waals surface area contributed by atoms with Gasteiger partial charge in [0.2, 0.25) is 5.91 Å². The number of hydrogen-bond donors (Lipinski definition) is 1. The predicted octanol–water partition coefficient (Wildman–Crippen LogP) is 3.44. The molecule has 0 aliphatic carbocycles. The molecule has 2 aromatic carbocycles. The van der Waals surface area contributed by atoms with E-state index in [2.05, 4.69) is 21.2 Å². The van der Waals surface area contributed by atoms with E-state index in [1.54, 1.807) is 4.90 Å². The molecule has 0 spiro atoms. The van der Waals surface area contributed by atoms with Gasteiger partial charge < -0.3 is 15.0 Å². The van der Waals surface area contributed by atoms with E-state index < -0.39 is 0 Å². The van der Waals surface area contributed by atoms with Crippen molar-refractivity contribution in [3.63, 3.8) is 0 Å². The summed E-state index contributed by atoms with van der Waals surface area (Å²) in [5, 5.41) is 2.97. The van der Waals surface area contributed by atoms with Crippen LogP contribution >= 0.6 is 15.9 Å². The molecule has 1 aliphatic rings. The molecule has 3 rings (SSSR count). The second kappa shape index (κ2) is 7.70. The van der Waals surface area contributed by atoms with Crippen LogP contribution in [0.3, 0.4) is 0 Å². The minimum Gasteiger partial charge on any atom is -0.482 e. The Morgan fingerprint density at radius 2 is 2.08 bits per heavy atom. The van der Waals surface area contributed by atoms with Gasteiger partial charge in [-0.25, -0.2) is 0 Å². The van der Waals surface area contributed by atoms with E-state index in [0.29, 0.717) is 18.0 Å². The van der Waals surface area contributed by atoms with Crippen LogP contribution in [0.25, 0.3) is 0 Å². The van der Waals surface area contributed by atoms with Gasteiger partial charge in [-0.3, -0.25) is 9.59 Å². The van der Waals surface area contributed by atoms with Crippen LogP contribution in [-0.4, -0.2) is 25.0 Å². The van der Waals surface area contributed by atoms with Gasteiger partial charge in [-0.1, -0.05) is 40.2 Å². The molecular formula is C19H19BrN2O3. The molecule has 6 heteroatoms. The molecule has 0 fully saturated rings. The van der Waals surface area contributed by atoms with Crippen molar-refractivity contribution in [1.82, 2.24) is 5.32 Å². The first-order chi connectivity index (χ1) is 12.0. The lowest BCUT2D eigenvalue weighted by Crippen LogP contribution is -2.41. The van der Waals surface area contributed by atoms with Crippen molar-refractivity contribution in [2.24, 2.45) is 0 Å². The predicted molar refractivity (Wildman–Crippen MR) is 99.6 cm³/mol. The van der Waals surface area contributed by atoms with E-state index in [4.69, 9.17) is 4.74 Å². The van der Waals surface area contributed by atoms with Crippen LogP contribution in [0.1, 0.15) is 24.9 Å². The van der Waals surface area contributed by atoms with Crippen LogP contribution in [0, 0.1) is 0 Å². The number of benzene rings is 2. The second-order valence-corrected chi connectivity index (χ2v) is 6.81. The second-order valence-electron chi connectivity index (χ2n) is 5.90. The lowest BCUT2D eigenvalue weighted by molar-refractivity contribution is -0.122. The molecule has 5 nitrogen and oxygen atoms in total. The Hall–Kier alpha value is -2.34. The highest BCUT2D eigenvalue weighted by Crippen LogP contribution is 2.31. The third-order valence-electron chi connectivity index (χ3n) is 4.10. The largest absolute Gasteiger partial charge is 0.482 e. The fraction of sp³-hybridized carbons (Fsp3) is 0.263. The third-order valence-corrected chi connectivity index (χ3v) is 4.59. The first-order valence-corrected chi connectivity index (χ1v) is 8.91. The summed E-state index contributed by atoms with van der Waals surface area (Å²) in [6.07, 6.45) is 0.235. The summed E-state index contributed by atoms with van der Waals surface area (Å²) in [5.74, 6) is 0.445. The Labute approximate surface area is 155 Å². The first-order valence-electron chi connectivity index (χ1n) is 8.11. The molecule has 1 aliphatic heterocycles. The van der Waals surface area contributed by atoms with Gasteiger partial charge in [-0.05, 0) is 36.8 Å².